The molecule has 3 unspecified atom stereocenters. The van der Waals surface area contributed by atoms with Crippen molar-refractivity contribution in [3.63, 3.8) is 0 Å². The van der Waals surface area contributed by atoms with E-state index in [1.807, 2.05) is 20.8 Å². The number of nitrogens with one attached hydrogen (secondary N) is 2. The van der Waals surface area contributed by atoms with Gasteiger partial charge in [0.05, 0.1) is 0 Å². The van der Waals surface area contributed by atoms with Gasteiger partial charge in [0, 0.05) is 6.04 Å². The van der Waals surface area contributed by atoms with Crippen molar-refractivity contribution in [2.75, 3.05) is 0 Å². The summed E-state index contributed by atoms with van der Waals surface area (Å²) < 4.78 is 0. The summed E-state index contributed by atoms with van der Waals surface area (Å²) in [6.45, 7) is 7.79. The highest BCUT2D eigenvalue weighted by Crippen LogP contribution is 2.08. The van der Waals surface area contributed by atoms with Gasteiger partial charge in [0.15, 0.2) is 0 Å². The van der Waals surface area contributed by atoms with Crippen molar-refractivity contribution < 1.29 is 14.7 Å². The number of hydrogen-bond acceptors (Lipinski definition) is 2. The summed E-state index contributed by atoms with van der Waals surface area (Å²) in [5.74, 6) is -1.07. The average molecular weight is 258 g/mol. The summed E-state index contributed by atoms with van der Waals surface area (Å²) in [6, 6.07) is -1.10. The minimum absolute atomic E-state index is 0.0838. The van der Waals surface area contributed by atoms with Crippen LogP contribution in [0.15, 0.2) is 0 Å². The van der Waals surface area contributed by atoms with Gasteiger partial charge in [0.1, 0.15) is 6.04 Å². The van der Waals surface area contributed by atoms with Crippen LogP contribution in [0.4, 0.5) is 4.79 Å². The van der Waals surface area contributed by atoms with Crippen molar-refractivity contribution in [2.45, 2.75) is 65.5 Å². The van der Waals surface area contributed by atoms with E-state index in [1.165, 1.54) is 0 Å². The fraction of sp³-hybridized carbons (Fsp3) is 0.846. The maximum absolute atomic E-state index is 11.7. The first-order chi connectivity index (χ1) is 8.46. The Kier molecular flexibility index (Phi) is 8.16. The zero-order valence-corrected chi connectivity index (χ0v) is 11.8. The minimum Gasteiger partial charge on any atom is -0.480 e. The van der Waals surface area contributed by atoms with E-state index in [9.17, 15) is 9.59 Å². The Morgan fingerprint density at radius 2 is 1.72 bits per heavy atom. The Morgan fingerprint density at radius 3 is 2.11 bits per heavy atom. The highest BCUT2D eigenvalue weighted by atomic mass is 16.4. The first kappa shape index (κ1) is 16.7. The predicted molar refractivity (Wildman–Crippen MR) is 71.5 cm³/mol. The Hall–Kier alpha value is -1.26. The molecule has 18 heavy (non-hydrogen) atoms. The zero-order valence-electron chi connectivity index (χ0n) is 11.8. The van der Waals surface area contributed by atoms with Crippen molar-refractivity contribution in [3.05, 3.63) is 0 Å². The molecule has 0 spiro atoms. The SMILES string of the molecule is CCCC(CC)NC(=O)NC(C(=O)O)C(C)CC. The van der Waals surface area contributed by atoms with Gasteiger partial charge in [0.2, 0.25) is 0 Å². The zero-order chi connectivity index (χ0) is 14.1. The second-order valence-electron chi connectivity index (χ2n) is 4.71. The van der Waals surface area contributed by atoms with Crippen LogP contribution in [0.3, 0.4) is 0 Å². The van der Waals surface area contributed by atoms with E-state index in [-0.39, 0.29) is 18.0 Å². The van der Waals surface area contributed by atoms with Crippen LogP contribution in [-0.4, -0.2) is 29.2 Å². The van der Waals surface area contributed by atoms with Crippen molar-refractivity contribution in [1.82, 2.24) is 10.6 Å². The van der Waals surface area contributed by atoms with E-state index in [1.54, 1.807) is 0 Å². The molecule has 2 amide bonds. The lowest BCUT2D eigenvalue weighted by molar-refractivity contribution is -0.140. The van der Waals surface area contributed by atoms with Crippen molar-refractivity contribution in [3.8, 4) is 0 Å². The third-order valence-electron chi connectivity index (χ3n) is 3.23. The number of aliphatic carboxylic acids is 1. The van der Waals surface area contributed by atoms with Crippen molar-refractivity contribution >= 4 is 12.0 Å². The summed E-state index contributed by atoms with van der Waals surface area (Å²) >= 11 is 0. The van der Waals surface area contributed by atoms with Crippen LogP contribution in [0.25, 0.3) is 0 Å². The molecule has 0 bridgehead atoms. The molecule has 0 saturated heterocycles. The van der Waals surface area contributed by atoms with Gasteiger partial charge >= 0.3 is 12.0 Å². The summed E-state index contributed by atoms with van der Waals surface area (Å²) in [5.41, 5.74) is 0. The first-order valence-corrected chi connectivity index (χ1v) is 6.75. The molecular weight excluding hydrogens is 232 g/mol. The molecule has 3 atom stereocenters. The lowest BCUT2D eigenvalue weighted by atomic mass is 9.99. The second-order valence-corrected chi connectivity index (χ2v) is 4.71. The van der Waals surface area contributed by atoms with Crippen molar-refractivity contribution in [1.29, 1.82) is 0 Å². The molecule has 5 heteroatoms. The number of carbonyl (C=O) groups excluding carboxylic acids is 1. The van der Waals surface area contributed by atoms with Gasteiger partial charge in [-0.2, -0.15) is 0 Å². The predicted octanol–water partition coefficient (Wildman–Crippen LogP) is 2.36. The van der Waals surface area contributed by atoms with Crippen LogP contribution in [0, 0.1) is 5.92 Å². The van der Waals surface area contributed by atoms with Gasteiger partial charge < -0.3 is 15.7 Å². The molecule has 0 heterocycles. The fourth-order valence-corrected chi connectivity index (χ4v) is 1.78. The maximum Gasteiger partial charge on any atom is 0.326 e. The van der Waals surface area contributed by atoms with Crippen LogP contribution >= 0.6 is 0 Å². The van der Waals surface area contributed by atoms with Crippen LogP contribution in [0.1, 0.15) is 53.4 Å². The average Bonchev–Trinajstić information content (AvgIpc) is 2.34. The smallest absolute Gasteiger partial charge is 0.326 e. The Labute approximate surface area is 109 Å². The Balaban J connectivity index is 4.37. The normalized spacial score (nSPS) is 15.6. The molecule has 0 aromatic heterocycles. The molecule has 0 fully saturated rings. The van der Waals surface area contributed by atoms with E-state index in [0.29, 0.717) is 6.42 Å². The van der Waals surface area contributed by atoms with Gasteiger partial charge in [-0.05, 0) is 18.8 Å². The molecule has 0 aliphatic rings. The summed E-state index contributed by atoms with van der Waals surface area (Å²) in [5, 5.41) is 14.4. The van der Waals surface area contributed by atoms with Gasteiger partial charge in [0.25, 0.3) is 0 Å². The minimum atomic E-state index is -0.983. The Morgan fingerprint density at radius 1 is 1.11 bits per heavy atom. The third-order valence-corrected chi connectivity index (χ3v) is 3.23. The summed E-state index contributed by atoms with van der Waals surface area (Å²) in [6.07, 6.45) is 3.46. The standard InChI is InChI=1S/C13H26N2O3/c1-5-8-10(7-3)14-13(18)15-11(12(16)17)9(4)6-2/h9-11H,5-8H2,1-4H3,(H,16,17)(H2,14,15,18). The van der Waals surface area contributed by atoms with Gasteiger partial charge in [-0.3, -0.25) is 0 Å². The maximum atomic E-state index is 11.7. The van der Waals surface area contributed by atoms with Crippen LogP contribution in [0.2, 0.25) is 0 Å². The lowest BCUT2D eigenvalue weighted by Gasteiger charge is -2.22. The number of amides is 2. The topological polar surface area (TPSA) is 78.4 Å². The van der Waals surface area contributed by atoms with E-state index < -0.39 is 12.0 Å². The molecule has 0 radical (unpaired) electrons. The molecule has 5 nitrogen and oxygen atoms in total. The van der Waals surface area contributed by atoms with Gasteiger partial charge in [-0.15, -0.1) is 0 Å². The van der Waals surface area contributed by atoms with E-state index in [0.717, 1.165) is 19.3 Å². The number of rotatable bonds is 8. The third kappa shape index (κ3) is 5.89. The highest BCUT2D eigenvalue weighted by molar-refractivity contribution is 5.82. The molecule has 0 aromatic rings. The van der Waals surface area contributed by atoms with Crippen molar-refractivity contribution in [2.24, 2.45) is 5.92 Å². The van der Waals surface area contributed by atoms with Crippen LogP contribution in [0.5, 0.6) is 0 Å². The van der Waals surface area contributed by atoms with E-state index >= 15 is 0 Å². The highest BCUT2D eigenvalue weighted by Gasteiger charge is 2.25. The molecule has 3 N–H and O–H groups in total. The molecule has 0 aliphatic carbocycles. The molecule has 0 aliphatic heterocycles. The Bertz CT molecular complexity index is 269. The van der Waals surface area contributed by atoms with Crippen LogP contribution < -0.4 is 10.6 Å². The number of urea groups is 1. The number of hydrogen-bond donors (Lipinski definition) is 3. The molecule has 0 rings (SSSR count). The number of carboxylic acid groups (broad SMARTS) is 1. The monoisotopic (exact) mass is 258 g/mol. The van der Waals surface area contributed by atoms with Gasteiger partial charge in [-0.1, -0.05) is 40.5 Å². The van der Waals surface area contributed by atoms with E-state index in [2.05, 4.69) is 17.6 Å². The molecule has 0 aromatic carbocycles. The quantitative estimate of drug-likeness (QED) is 0.625. The molecular formula is C13H26N2O3. The number of carbonyl (C=O) groups is 2. The first-order valence-electron chi connectivity index (χ1n) is 6.75. The summed E-state index contributed by atoms with van der Waals surface area (Å²) in [7, 11) is 0. The van der Waals surface area contributed by atoms with E-state index in [4.69, 9.17) is 5.11 Å². The molecule has 106 valence electrons. The number of carboxylic acids is 1. The molecule has 0 saturated carbocycles. The fourth-order valence-electron chi connectivity index (χ4n) is 1.78. The largest absolute Gasteiger partial charge is 0.480 e. The van der Waals surface area contributed by atoms with Gasteiger partial charge in [-0.25, -0.2) is 9.59 Å². The summed E-state index contributed by atoms with van der Waals surface area (Å²) in [4.78, 5) is 22.8. The van der Waals surface area contributed by atoms with Crippen LogP contribution in [-0.2, 0) is 4.79 Å². The lowest BCUT2D eigenvalue weighted by Crippen LogP contribution is -2.51. The second kappa shape index (κ2) is 8.78.